The Labute approximate surface area is 179 Å². The summed E-state index contributed by atoms with van der Waals surface area (Å²) in [5.41, 5.74) is 0.872. The summed E-state index contributed by atoms with van der Waals surface area (Å²) in [5, 5.41) is 21.7. The van der Waals surface area contributed by atoms with E-state index >= 15 is 0 Å². The number of hydrogen-bond donors (Lipinski definition) is 1. The molecule has 0 amide bonds. The van der Waals surface area contributed by atoms with Gasteiger partial charge in [-0.3, -0.25) is 9.59 Å². The molecule has 160 valence electrons. The van der Waals surface area contributed by atoms with E-state index in [0.717, 1.165) is 11.1 Å². The second-order valence-corrected chi connectivity index (χ2v) is 8.05. The number of aromatic nitrogens is 2. The predicted octanol–water partition coefficient (Wildman–Crippen LogP) is 3.36. The number of carbonyl (C=O) groups is 1. The molecular formula is C21H24ClN3O5. The summed E-state index contributed by atoms with van der Waals surface area (Å²) >= 11 is 6.15. The van der Waals surface area contributed by atoms with Crippen molar-refractivity contribution in [3.63, 3.8) is 0 Å². The number of carboxylic acids is 1. The molecular weight excluding hydrogens is 410 g/mol. The van der Waals surface area contributed by atoms with Gasteiger partial charge in [-0.25, -0.2) is 4.68 Å². The van der Waals surface area contributed by atoms with Crippen molar-refractivity contribution in [1.29, 1.82) is 5.26 Å². The first-order valence-electron chi connectivity index (χ1n) is 9.32. The molecule has 1 heterocycles. The van der Waals surface area contributed by atoms with Crippen LogP contribution in [0.3, 0.4) is 0 Å². The van der Waals surface area contributed by atoms with Gasteiger partial charge in [-0.2, -0.15) is 10.4 Å². The van der Waals surface area contributed by atoms with Gasteiger partial charge in [0.2, 0.25) is 0 Å². The molecule has 8 nitrogen and oxygen atoms in total. The van der Waals surface area contributed by atoms with E-state index in [4.69, 9.17) is 31.4 Å². The van der Waals surface area contributed by atoms with E-state index in [9.17, 15) is 9.59 Å². The van der Waals surface area contributed by atoms with E-state index in [0.29, 0.717) is 6.61 Å². The Morgan fingerprint density at radius 2 is 1.87 bits per heavy atom. The second-order valence-electron chi connectivity index (χ2n) is 7.68. The van der Waals surface area contributed by atoms with E-state index in [2.05, 4.69) is 5.10 Å². The average Bonchev–Trinajstić information content (AvgIpc) is 2.68. The summed E-state index contributed by atoms with van der Waals surface area (Å²) in [6, 6.07) is 9.14. The van der Waals surface area contributed by atoms with Crippen LogP contribution in [-0.2, 0) is 28.3 Å². The van der Waals surface area contributed by atoms with Crippen molar-refractivity contribution in [2.75, 3.05) is 6.61 Å². The van der Waals surface area contributed by atoms with Crippen LogP contribution < -0.4 is 10.3 Å². The lowest BCUT2D eigenvalue weighted by Gasteiger charge is -2.21. The molecule has 30 heavy (non-hydrogen) atoms. The van der Waals surface area contributed by atoms with Crippen molar-refractivity contribution in [3.8, 4) is 11.8 Å². The standard InChI is InChI=1S/C21H24ClN3O5/c1-21(2,3)25-19(26)18(22)17(11-24-25)30-13-15-6-4-14(5-7-15)12-29-9-8-16(10-23)20(27)28/h4-7,11,16H,8-9,12-13H2,1-3H3,(H,27,28). The Hall–Kier alpha value is -2.89. The van der Waals surface area contributed by atoms with Gasteiger partial charge >= 0.3 is 5.97 Å². The highest BCUT2D eigenvalue weighted by molar-refractivity contribution is 6.31. The third kappa shape index (κ3) is 6.31. The van der Waals surface area contributed by atoms with Gasteiger partial charge in [0.15, 0.2) is 10.8 Å². The highest BCUT2D eigenvalue weighted by atomic mass is 35.5. The van der Waals surface area contributed by atoms with Crippen molar-refractivity contribution < 1.29 is 19.4 Å². The molecule has 1 unspecified atom stereocenters. The monoisotopic (exact) mass is 433 g/mol. The fourth-order valence-corrected chi connectivity index (χ4v) is 2.71. The minimum atomic E-state index is -1.14. The Kier molecular flexibility index (Phi) is 7.98. The van der Waals surface area contributed by atoms with Gasteiger partial charge in [0.05, 0.1) is 24.4 Å². The van der Waals surface area contributed by atoms with Crippen molar-refractivity contribution >= 4 is 17.6 Å². The van der Waals surface area contributed by atoms with Crippen molar-refractivity contribution in [2.45, 2.75) is 45.9 Å². The van der Waals surface area contributed by atoms with Crippen LogP contribution in [0.1, 0.15) is 38.3 Å². The number of rotatable bonds is 9. The average molecular weight is 434 g/mol. The molecule has 0 saturated heterocycles. The number of benzene rings is 1. The topological polar surface area (TPSA) is 114 Å². The SMILES string of the molecule is CC(C)(C)n1ncc(OCc2ccc(COCCC(C#N)C(=O)O)cc2)c(Cl)c1=O. The molecule has 1 aromatic carbocycles. The van der Waals surface area contributed by atoms with Crippen LogP contribution >= 0.6 is 11.6 Å². The number of nitriles is 1. The Bertz CT molecular complexity index is 974. The van der Waals surface area contributed by atoms with Gasteiger partial charge in [-0.15, -0.1) is 0 Å². The molecule has 0 aliphatic heterocycles. The summed E-state index contributed by atoms with van der Waals surface area (Å²) in [5.74, 6) is -1.98. The third-order valence-corrected chi connectivity index (χ3v) is 4.56. The Balaban J connectivity index is 1.88. The van der Waals surface area contributed by atoms with E-state index in [-0.39, 0.29) is 30.4 Å². The maximum Gasteiger partial charge on any atom is 0.320 e. The van der Waals surface area contributed by atoms with Crippen LogP contribution in [0.5, 0.6) is 5.75 Å². The van der Waals surface area contributed by atoms with Crippen LogP contribution in [0.4, 0.5) is 0 Å². The molecule has 0 fully saturated rings. The van der Waals surface area contributed by atoms with Crippen LogP contribution in [0, 0.1) is 17.2 Å². The zero-order valence-electron chi connectivity index (χ0n) is 17.1. The van der Waals surface area contributed by atoms with Crippen LogP contribution in [-0.4, -0.2) is 27.5 Å². The second kappa shape index (κ2) is 10.2. The first-order chi connectivity index (χ1) is 14.1. The van der Waals surface area contributed by atoms with Crippen molar-refractivity contribution in [2.24, 2.45) is 5.92 Å². The molecule has 0 aliphatic rings. The summed E-state index contributed by atoms with van der Waals surface area (Å²) in [7, 11) is 0. The van der Waals surface area contributed by atoms with E-state index in [1.54, 1.807) is 6.07 Å². The number of nitrogens with zero attached hydrogens (tertiary/aromatic N) is 3. The lowest BCUT2D eigenvalue weighted by molar-refractivity contribution is -0.140. The maximum atomic E-state index is 12.3. The minimum absolute atomic E-state index is 0.0121. The van der Waals surface area contributed by atoms with Crippen LogP contribution in [0.15, 0.2) is 35.3 Å². The first kappa shape index (κ1) is 23.4. The zero-order chi connectivity index (χ0) is 22.3. The normalized spacial score (nSPS) is 12.2. The van der Waals surface area contributed by atoms with Crippen molar-refractivity contribution in [3.05, 3.63) is 57.0 Å². The van der Waals surface area contributed by atoms with Gasteiger partial charge < -0.3 is 14.6 Å². The predicted molar refractivity (Wildman–Crippen MR) is 110 cm³/mol. The van der Waals surface area contributed by atoms with Gasteiger partial charge in [0.1, 0.15) is 12.5 Å². The number of carboxylic acid groups (broad SMARTS) is 1. The largest absolute Gasteiger partial charge is 0.485 e. The van der Waals surface area contributed by atoms with Gasteiger partial charge in [0.25, 0.3) is 5.56 Å². The summed E-state index contributed by atoms with van der Waals surface area (Å²) in [6.45, 7) is 6.28. The third-order valence-electron chi connectivity index (χ3n) is 4.21. The first-order valence-corrected chi connectivity index (χ1v) is 9.70. The molecule has 2 rings (SSSR count). The fraction of sp³-hybridized carbons (Fsp3) is 0.429. The van der Waals surface area contributed by atoms with Crippen LogP contribution in [0.2, 0.25) is 5.02 Å². The number of aliphatic carboxylic acids is 1. The quantitative estimate of drug-likeness (QED) is 0.603. The molecule has 0 spiro atoms. The highest BCUT2D eigenvalue weighted by Crippen LogP contribution is 2.22. The fourth-order valence-electron chi connectivity index (χ4n) is 2.52. The summed E-state index contributed by atoms with van der Waals surface area (Å²) in [4.78, 5) is 23.1. The van der Waals surface area contributed by atoms with Gasteiger partial charge in [-0.1, -0.05) is 35.9 Å². The van der Waals surface area contributed by atoms with Crippen molar-refractivity contribution in [1.82, 2.24) is 9.78 Å². The molecule has 1 N–H and O–H groups in total. The Morgan fingerprint density at radius 3 is 2.40 bits per heavy atom. The zero-order valence-corrected chi connectivity index (χ0v) is 17.8. The number of halogens is 1. The molecule has 0 saturated carbocycles. The molecule has 2 aromatic rings. The number of hydrogen-bond acceptors (Lipinski definition) is 6. The smallest absolute Gasteiger partial charge is 0.320 e. The van der Waals surface area contributed by atoms with Gasteiger partial charge in [-0.05, 0) is 38.3 Å². The Morgan fingerprint density at radius 1 is 1.27 bits per heavy atom. The summed E-state index contributed by atoms with van der Waals surface area (Å²) < 4.78 is 12.4. The number of ether oxygens (including phenoxy) is 2. The lowest BCUT2D eigenvalue weighted by Crippen LogP contribution is -2.36. The summed E-state index contributed by atoms with van der Waals surface area (Å²) in [6.07, 6.45) is 1.57. The molecule has 1 atom stereocenters. The molecule has 0 radical (unpaired) electrons. The van der Waals surface area contributed by atoms with E-state index < -0.39 is 23.0 Å². The molecule has 0 aliphatic carbocycles. The molecule has 1 aromatic heterocycles. The van der Waals surface area contributed by atoms with E-state index in [1.165, 1.54) is 10.9 Å². The maximum absolute atomic E-state index is 12.3. The van der Waals surface area contributed by atoms with Gasteiger partial charge in [0, 0.05) is 6.61 Å². The minimum Gasteiger partial charge on any atom is -0.485 e. The van der Waals surface area contributed by atoms with Crippen LogP contribution in [0.25, 0.3) is 0 Å². The highest BCUT2D eigenvalue weighted by Gasteiger charge is 2.20. The lowest BCUT2D eigenvalue weighted by atomic mass is 10.1. The molecule has 9 heteroatoms. The molecule has 0 bridgehead atoms. The van der Waals surface area contributed by atoms with E-state index in [1.807, 2.05) is 45.0 Å².